The zero-order valence-corrected chi connectivity index (χ0v) is 15.5. The van der Waals surface area contributed by atoms with Crippen molar-refractivity contribution in [2.24, 2.45) is 0 Å². The van der Waals surface area contributed by atoms with Crippen molar-refractivity contribution in [1.82, 2.24) is 10.2 Å². The van der Waals surface area contributed by atoms with Gasteiger partial charge >= 0.3 is 0 Å². The lowest BCUT2D eigenvalue weighted by Crippen LogP contribution is -2.36. The van der Waals surface area contributed by atoms with E-state index in [4.69, 9.17) is 0 Å². The van der Waals surface area contributed by atoms with Crippen molar-refractivity contribution in [3.8, 4) is 0 Å². The molecule has 0 aliphatic carbocycles. The van der Waals surface area contributed by atoms with Gasteiger partial charge in [0.1, 0.15) is 0 Å². The number of hydrogen-bond donors (Lipinski definition) is 1. The Balaban J connectivity index is 1.53. The minimum absolute atomic E-state index is 0.0418. The molecule has 2 aromatic rings. The van der Waals surface area contributed by atoms with Gasteiger partial charge in [-0.1, -0.05) is 18.2 Å². The second-order valence-electron chi connectivity index (χ2n) is 7.01. The first-order valence-electron chi connectivity index (χ1n) is 9.12. The highest BCUT2D eigenvalue weighted by atomic mass is 32.1. The van der Waals surface area contributed by atoms with Crippen LogP contribution in [-0.4, -0.2) is 44.0 Å². The van der Waals surface area contributed by atoms with E-state index in [9.17, 15) is 4.79 Å². The summed E-state index contributed by atoms with van der Waals surface area (Å²) in [5.74, 6) is 0.0418. The number of benzene rings is 1. The Morgan fingerprint density at radius 2 is 2.08 bits per heavy atom. The summed E-state index contributed by atoms with van der Waals surface area (Å²) in [7, 11) is 2.16. The standard InChI is InChI=1S/C20H25N3OS/c1-22-11-8-16-13-15(6-7-17(16)22)18(23-9-2-3-10-23)14-21-20(24)19-5-4-12-25-19/h4-7,12-13,18H,2-3,8-11,14H2,1H3,(H,21,24)/t18-/m1/s1. The summed E-state index contributed by atoms with van der Waals surface area (Å²) in [4.78, 5) is 18.0. The number of hydrogen-bond acceptors (Lipinski definition) is 4. The molecular formula is C20H25N3OS. The summed E-state index contributed by atoms with van der Waals surface area (Å²) in [6, 6.07) is 10.9. The lowest BCUT2D eigenvalue weighted by Gasteiger charge is -2.28. The summed E-state index contributed by atoms with van der Waals surface area (Å²) >= 11 is 1.50. The van der Waals surface area contributed by atoms with E-state index in [1.54, 1.807) is 0 Å². The van der Waals surface area contributed by atoms with Crippen molar-refractivity contribution in [2.45, 2.75) is 25.3 Å². The maximum absolute atomic E-state index is 12.4. The van der Waals surface area contributed by atoms with Crippen molar-refractivity contribution >= 4 is 22.9 Å². The zero-order valence-electron chi connectivity index (χ0n) is 14.7. The van der Waals surface area contributed by atoms with Gasteiger partial charge in [-0.25, -0.2) is 0 Å². The number of thiophene rings is 1. The molecule has 5 heteroatoms. The van der Waals surface area contributed by atoms with E-state index in [2.05, 4.69) is 40.4 Å². The average Bonchev–Trinajstić information content (AvgIpc) is 3.37. The average molecular weight is 356 g/mol. The summed E-state index contributed by atoms with van der Waals surface area (Å²) < 4.78 is 0. The molecule has 1 fully saturated rings. The molecule has 1 amide bonds. The van der Waals surface area contributed by atoms with Crippen molar-refractivity contribution < 1.29 is 4.79 Å². The van der Waals surface area contributed by atoms with Crippen LogP contribution in [0.5, 0.6) is 0 Å². The van der Waals surface area contributed by atoms with E-state index in [1.165, 1.54) is 41.0 Å². The number of likely N-dealkylation sites (N-methyl/N-ethyl adjacent to an activating group) is 1. The molecule has 132 valence electrons. The number of anilines is 1. The molecule has 1 aromatic carbocycles. The molecule has 1 aromatic heterocycles. The van der Waals surface area contributed by atoms with Gasteiger partial charge in [-0.3, -0.25) is 9.69 Å². The van der Waals surface area contributed by atoms with E-state index < -0.39 is 0 Å². The number of fused-ring (bicyclic) bond motifs is 1. The predicted octanol–water partition coefficient (Wildman–Crippen LogP) is 3.31. The van der Waals surface area contributed by atoms with E-state index in [0.717, 1.165) is 30.9 Å². The second-order valence-corrected chi connectivity index (χ2v) is 7.95. The molecule has 25 heavy (non-hydrogen) atoms. The molecule has 0 spiro atoms. The normalized spacial score (nSPS) is 18.4. The molecule has 0 unspecified atom stereocenters. The van der Waals surface area contributed by atoms with Gasteiger partial charge in [0.05, 0.1) is 10.9 Å². The quantitative estimate of drug-likeness (QED) is 0.894. The molecule has 2 aliphatic heterocycles. The van der Waals surface area contributed by atoms with Gasteiger partial charge in [0, 0.05) is 25.8 Å². The van der Waals surface area contributed by atoms with Gasteiger partial charge in [0.15, 0.2) is 0 Å². The lowest BCUT2D eigenvalue weighted by molar-refractivity contribution is 0.0942. The van der Waals surface area contributed by atoms with Gasteiger partial charge in [-0.15, -0.1) is 11.3 Å². The molecule has 2 aliphatic rings. The van der Waals surface area contributed by atoms with Gasteiger partial charge in [-0.2, -0.15) is 0 Å². The van der Waals surface area contributed by atoms with Crippen LogP contribution in [0.2, 0.25) is 0 Å². The molecule has 1 N–H and O–H groups in total. The Hall–Kier alpha value is -1.85. The van der Waals surface area contributed by atoms with Crippen LogP contribution in [0.25, 0.3) is 0 Å². The van der Waals surface area contributed by atoms with Crippen LogP contribution in [-0.2, 0) is 6.42 Å². The van der Waals surface area contributed by atoms with Crippen molar-refractivity contribution in [3.63, 3.8) is 0 Å². The van der Waals surface area contributed by atoms with E-state index in [1.807, 2.05) is 17.5 Å². The fourth-order valence-corrected chi connectivity index (χ4v) is 4.63. The van der Waals surface area contributed by atoms with Crippen molar-refractivity contribution in [2.75, 3.05) is 38.1 Å². The Bertz CT molecular complexity index is 737. The van der Waals surface area contributed by atoms with Crippen LogP contribution < -0.4 is 10.2 Å². The first kappa shape index (κ1) is 16.6. The van der Waals surface area contributed by atoms with Crippen LogP contribution in [0.1, 0.15) is 39.7 Å². The highest BCUT2D eigenvalue weighted by Gasteiger charge is 2.26. The number of carbonyl (C=O) groups excluding carboxylic acids is 1. The smallest absolute Gasteiger partial charge is 0.261 e. The monoisotopic (exact) mass is 355 g/mol. The van der Waals surface area contributed by atoms with Crippen LogP contribution in [0.15, 0.2) is 35.7 Å². The fourth-order valence-electron chi connectivity index (χ4n) is 3.99. The third kappa shape index (κ3) is 3.44. The van der Waals surface area contributed by atoms with Crippen LogP contribution >= 0.6 is 11.3 Å². The molecule has 0 bridgehead atoms. The molecule has 1 saturated heterocycles. The van der Waals surface area contributed by atoms with E-state index in [-0.39, 0.29) is 11.9 Å². The number of rotatable bonds is 5. The number of nitrogens with zero attached hydrogens (tertiary/aromatic N) is 2. The maximum Gasteiger partial charge on any atom is 0.261 e. The molecule has 4 rings (SSSR count). The van der Waals surface area contributed by atoms with Crippen LogP contribution in [0.4, 0.5) is 5.69 Å². The van der Waals surface area contributed by atoms with Crippen LogP contribution in [0, 0.1) is 0 Å². The minimum Gasteiger partial charge on any atom is -0.374 e. The molecular weight excluding hydrogens is 330 g/mol. The van der Waals surface area contributed by atoms with Gasteiger partial charge in [-0.05, 0) is 61.0 Å². The number of likely N-dealkylation sites (tertiary alicyclic amines) is 1. The topological polar surface area (TPSA) is 35.6 Å². The molecule has 0 saturated carbocycles. The Morgan fingerprint density at radius 3 is 2.84 bits per heavy atom. The predicted molar refractivity (Wildman–Crippen MR) is 104 cm³/mol. The molecule has 3 heterocycles. The van der Waals surface area contributed by atoms with Gasteiger partial charge in [0.2, 0.25) is 0 Å². The third-order valence-corrected chi connectivity index (χ3v) is 6.27. The summed E-state index contributed by atoms with van der Waals surface area (Å²) in [6.07, 6.45) is 3.63. The van der Waals surface area contributed by atoms with E-state index in [0.29, 0.717) is 6.54 Å². The van der Waals surface area contributed by atoms with E-state index >= 15 is 0 Å². The van der Waals surface area contributed by atoms with Gasteiger partial charge in [0.25, 0.3) is 5.91 Å². The minimum atomic E-state index is 0.0418. The Morgan fingerprint density at radius 1 is 1.24 bits per heavy atom. The summed E-state index contributed by atoms with van der Waals surface area (Å²) in [5, 5.41) is 5.10. The SMILES string of the molecule is CN1CCc2cc([C@@H](CNC(=O)c3cccs3)N3CCCC3)ccc21. The summed E-state index contributed by atoms with van der Waals surface area (Å²) in [6.45, 7) is 4.01. The number of amides is 1. The first-order chi connectivity index (χ1) is 12.2. The largest absolute Gasteiger partial charge is 0.374 e. The fraction of sp³-hybridized carbons (Fsp3) is 0.450. The Labute approximate surface area is 153 Å². The van der Waals surface area contributed by atoms with Crippen LogP contribution in [0.3, 0.4) is 0 Å². The zero-order chi connectivity index (χ0) is 17.2. The highest BCUT2D eigenvalue weighted by Crippen LogP contribution is 2.32. The maximum atomic E-state index is 12.4. The molecule has 0 radical (unpaired) electrons. The highest BCUT2D eigenvalue weighted by molar-refractivity contribution is 7.12. The Kier molecular flexibility index (Phi) is 4.77. The molecule has 4 nitrogen and oxygen atoms in total. The van der Waals surface area contributed by atoms with Crippen molar-refractivity contribution in [1.29, 1.82) is 0 Å². The third-order valence-electron chi connectivity index (χ3n) is 5.40. The summed E-state index contributed by atoms with van der Waals surface area (Å²) in [5.41, 5.74) is 4.13. The number of carbonyl (C=O) groups is 1. The number of nitrogens with one attached hydrogen (secondary N) is 1. The van der Waals surface area contributed by atoms with Gasteiger partial charge < -0.3 is 10.2 Å². The second kappa shape index (κ2) is 7.18. The first-order valence-corrected chi connectivity index (χ1v) is 10.00. The lowest BCUT2D eigenvalue weighted by atomic mass is 10.0. The van der Waals surface area contributed by atoms with Crippen molar-refractivity contribution in [3.05, 3.63) is 51.7 Å². The molecule has 1 atom stereocenters.